The van der Waals surface area contributed by atoms with E-state index in [1.807, 2.05) is 48.5 Å². The third-order valence-electron chi connectivity index (χ3n) is 3.40. The summed E-state index contributed by atoms with van der Waals surface area (Å²) in [5.74, 6) is 6.49. The highest BCUT2D eigenvalue weighted by atomic mass is 16.3. The molecule has 0 fully saturated rings. The molecule has 0 radical (unpaired) electrons. The van der Waals surface area contributed by atoms with Crippen molar-refractivity contribution in [1.82, 2.24) is 0 Å². The second kappa shape index (κ2) is 13.8. The number of nitrogens with two attached hydrogens (primary N) is 3. The van der Waals surface area contributed by atoms with E-state index >= 15 is 0 Å². The highest BCUT2D eigenvalue weighted by Gasteiger charge is 1.96. The summed E-state index contributed by atoms with van der Waals surface area (Å²) in [6, 6.07) is 15.3. The molecule has 0 unspecified atom stereocenters. The monoisotopic (exact) mass is 377 g/mol. The Morgan fingerprint density at radius 2 is 1.57 bits per heavy atom. The van der Waals surface area contributed by atoms with Crippen LogP contribution < -0.4 is 17.2 Å². The Morgan fingerprint density at radius 1 is 0.857 bits per heavy atom. The SMILES string of the molecule is C=C(CN)c1ccco1.C=C(CN)c1ccoc1.NCC#Cc1ccccc1. The number of rotatable bonds is 4. The predicted octanol–water partition coefficient (Wildman–Crippen LogP) is 3.50. The first-order chi connectivity index (χ1) is 13.6. The predicted molar refractivity (Wildman–Crippen MR) is 116 cm³/mol. The minimum atomic E-state index is 0.425. The molecule has 0 atom stereocenters. The van der Waals surface area contributed by atoms with Gasteiger partial charge in [-0.15, -0.1) is 0 Å². The molecule has 6 N–H and O–H groups in total. The van der Waals surface area contributed by atoms with Gasteiger partial charge in [-0.2, -0.15) is 0 Å². The summed E-state index contributed by atoms with van der Waals surface area (Å²) in [5, 5.41) is 0. The molecule has 0 bridgehead atoms. The third kappa shape index (κ3) is 8.88. The first-order valence-electron chi connectivity index (χ1n) is 8.68. The number of furan rings is 2. The van der Waals surface area contributed by atoms with Crippen LogP contribution in [0.15, 0.2) is 89.3 Å². The molecule has 2 heterocycles. The molecule has 5 heteroatoms. The van der Waals surface area contributed by atoms with Gasteiger partial charge in [0, 0.05) is 29.8 Å². The topological polar surface area (TPSA) is 104 Å². The Hall–Kier alpha value is -3.30. The fraction of sp³-hybridized carbons (Fsp3) is 0.130. The molecule has 0 aliphatic heterocycles. The Balaban J connectivity index is 0.000000210. The first-order valence-corrected chi connectivity index (χ1v) is 8.68. The van der Waals surface area contributed by atoms with Crippen LogP contribution in [0.3, 0.4) is 0 Å². The Bertz CT molecular complexity index is 809. The molecule has 0 amide bonds. The summed E-state index contributed by atoms with van der Waals surface area (Å²) in [5.41, 5.74) is 19.6. The summed E-state index contributed by atoms with van der Waals surface area (Å²) in [7, 11) is 0. The standard InChI is InChI=1S/C9H9N.2C7H9NO/c10-8-4-7-9-5-2-1-3-6-9;1-6(4-8)7-2-3-9-5-7;1-6(5-8)7-3-2-4-9-7/h1-3,5-6H,8,10H2;2-3,5H,1,4,8H2;2-4H,1,5,8H2. The lowest BCUT2D eigenvalue weighted by Gasteiger charge is -1.93. The average Bonchev–Trinajstić information content (AvgIpc) is 3.47. The number of hydrogen-bond acceptors (Lipinski definition) is 5. The summed E-state index contributed by atoms with van der Waals surface area (Å²) in [4.78, 5) is 0. The van der Waals surface area contributed by atoms with Crippen LogP contribution in [-0.2, 0) is 0 Å². The van der Waals surface area contributed by atoms with Gasteiger partial charge in [-0.25, -0.2) is 0 Å². The van der Waals surface area contributed by atoms with E-state index in [2.05, 4.69) is 25.0 Å². The smallest absolute Gasteiger partial charge is 0.130 e. The molecule has 0 aliphatic carbocycles. The number of hydrogen-bond donors (Lipinski definition) is 3. The van der Waals surface area contributed by atoms with E-state index in [1.165, 1.54) is 0 Å². The maximum Gasteiger partial charge on any atom is 0.130 e. The summed E-state index contributed by atoms with van der Waals surface area (Å²) < 4.78 is 9.83. The molecule has 3 aromatic rings. The van der Waals surface area contributed by atoms with Crippen LogP contribution >= 0.6 is 0 Å². The number of benzene rings is 1. The fourth-order valence-corrected chi connectivity index (χ4v) is 1.84. The molecule has 2 aromatic heterocycles. The van der Waals surface area contributed by atoms with Gasteiger partial charge >= 0.3 is 0 Å². The average molecular weight is 377 g/mol. The Morgan fingerprint density at radius 3 is 2.07 bits per heavy atom. The van der Waals surface area contributed by atoms with Crippen molar-refractivity contribution in [3.63, 3.8) is 0 Å². The van der Waals surface area contributed by atoms with Crippen molar-refractivity contribution in [2.45, 2.75) is 0 Å². The molecule has 5 nitrogen and oxygen atoms in total. The van der Waals surface area contributed by atoms with Crippen LogP contribution in [0, 0.1) is 11.8 Å². The quantitative estimate of drug-likeness (QED) is 0.604. The molecule has 146 valence electrons. The van der Waals surface area contributed by atoms with Gasteiger partial charge in [-0.3, -0.25) is 0 Å². The molecule has 0 saturated heterocycles. The van der Waals surface area contributed by atoms with E-state index < -0.39 is 0 Å². The lowest BCUT2D eigenvalue weighted by molar-refractivity contribution is 0.552. The van der Waals surface area contributed by atoms with Crippen LogP contribution in [0.1, 0.15) is 16.9 Å². The molecular formula is C23H27N3O2. The lowest BCUT2D eigenvalue weighted by atomic mass is 10.2. The van der Waals surface area contributed by atoms with Gasteiger partial charge in [0.15, 0.2) is 0 Å². The van der Waals surface area contributed by atoms with E-state index in [4.69, 9.17) is 26.0 Å². The van der Waals surface area contributed by atoms with E-state index in [0.717, 1.165) is 28.0 Å². The maximum atomic E-state index is 5.32. The largest absolute Gasteiger partial charge is 0.472 e. The Labute approximate surface area is 166 Å². The van der Waals surface area contributed by atoms with Gasteiger partial charge in [0.1, 0.15) is 5.76 Å². The summed E-state index contributed by atoms with van der Waals surface area (Å²) in [6.45, 7) is 8.79. The highest BCUT2D eigenvalue weighted by Crippen LogP contribution is 2.10. The van der Waals surface area contributed by atoms with Gasteiger partial charge in [-0.1, -0.05) is 43.2 Å². The summed E-state index contributed by atoms with van der Waals surface area (Å²) in [6.07, 6.45) is 4.85. The van der Waals surface area contributed by atoms with Gasteiger partial charge < -0.3 is 26.0 Å². The van der Waals surface area contributed by atoms with E-state index in [1.54, 1.807) is 18.8 Å². The van der Waals surface area contributed by atoms with Crippen LogP contribution in [0.25, 0.3) is 11.1 Å². The highest BCUT2D eigenvalue weighted by molar-refractivity contribution is 5.63. The molecule has 1 aromatic carbocycles. The molecule has 3 rings (SSSR count). The van der Waals surface area contributed by atoms with Crippen molar-refractivity contribution in [2.24, 2.45) is 17.2 Å². The lowest BCUT2D eigenvalue weighted by Crippen LogP contribution is -1.99. The van der Waals surface area contributed by atoms with Gasteiger partial charge in [0.25, 0.3) is 0 Å². The van der Waals surface area contributed by atoms with Crippen molar-refractivity contribution < 1.29 is 8.83 Å². The molecular weight excluding hydrogens is 350 g/mol. The molecule has 0 spiro atoms. The maximum absolute atomic E-state index is 5.32. The molecule has 0 aliphatic rings. The first kappa shape index (κ1) is 22.7. The van der Waals surface area contributed by atoms with Crippen LogP contribution in [-0.4, -0.2) is 19.6 Å². The van der Waals surface area contributed by atoms with Gasteiger partial charge in [0.2, 0.25) is 0 Å². The van der Waals surface area contributed by atoms with Crippen molar-refractivity contribution in [2.75, 3.05) is 19.6 Å². The van der Waals surface area contributed by atoms with Gasteiger partial charge in [-0.05, 0) is 35.9 Å². The fourth-order valence-electron chi connectivity index (χ4n) is 1.84. The van der Waals surface area contributed by atoms with Crippen molar-refractivity contribution in [3.05, 3.63) is 97.4 Å². The van der Waals surface area contributed by atoms with Crippen LogP contribution in [0.4, 0.5) is 0 Å². The normalized spacial score (nSPS) is 8.96. The second-order valence-electron chi connectivity index (χ2n) is 5.48. The van der Waals surface area contributed by atoms with E-state index in [-0.39, 0.29) is 0 Å². The molecule has 28 heavy (non-hydrogen) atoms. The molecule has 0 saturated carbocycles. The van der Waals surface area contributed by atoms with Crippen molar-refractivity contribution >= 4 is 11.1 Å². The van der Waals surface area contributed by atoms with E-state index in [0.29, 0.717) is 19.6 Å². The van der Waals surface area contributed by atoms with Crippen molar-refractivity contribution in [1.29, 1.82) is 0 Å². The zero-order chi connectivity index (χ0) is 20.6. The van der Waals surface area contributed by atoms with Gasteiger partial charge in [0.05, 0.1) is 25.3 Å². The zero-order valence-corrected chi connectivity index (χ0v) is 15.9. The van der Waals surface area contributed by atoms with Crippen LogP contribution in [0.5, 0.6) is 0 Å². The third-order valence-corrected chi connectivity index (χ3v) is 3.40. The zero-order valence-electron chi connectivity index (χ0n) is 15.9. The Kier molecular flexibility index (Phi) is 11.2. The minimum absolute atomic E-state index is 0.425. The van der Waals surface area contributed by atoms with E-state index in [9.17, 15) is 0 Å². The summed E-state index contributed by atoms with van der Waals surface area (Å²) >= 11 is 0. The van der Waals surface area contributed by atoms with Crippen LogP contribution in [0.2, 0.25) is 0 Å². The van der Waals surface area contributed by atoms with Crippen molar-refractivity contribution in [3.8, 4) is 11.8 Å². The second-order valence-corrected chi connectivity index (χ2v) is 5.48. The minimum Gasteiger partial charge on any atom is -0.472 e.